The summed E-state index contributed by atoms with van der Waals surface area (Å²) >= 11 is 3.14. The minimum atomic E-state index is -0.239. The number of carbonyl (C=O) groups excluding carboxylic acids is 2. The van der Waals surface area contributed by atoms with Crippen molar-refractivity contribution in [3.63, 3.8) is 0 Å². The van der Waals surface area contributed by atoms with Crippen LogP contribution in [-0.2, 0) is 4.79 Å². The van der Waals surface area contributed by atoms with Gasteiger partial charge in [0.1, 0.15) is 6.61 Å². The van der Waals surface area contributed by atoms with Crippen molar-refractivity contribution in [1.82, 2.24) is 4.90 Å². The Morgan fingerprint density at radius 3 is 2.68 bits per heavy atom. The lowest BCUT2D eigenvalue weighted by molar-refractivity contribution is -0.122. The fourth-order valence-corrected chi connectivity index (χ4v) is 3.93. The van der Waals surface area contributed by atoms with Crippen LogP contribution in [0.4, 0.5) is 4.79 Å². The van der Waals surface area contributed by atoms with Crippen LogP contribution in [0.3, 0.4) is 0 Å². The van der Waals surface area contributed by atoms with Crippen molar-refractivity contribution >= 4 is 51.6 Å². The summed E-state index contributed by atoms with van der Waals surface area (Å²) in [6.07, 6.45) is 4.14. The molecule has 1 saturated heterocycles. The Bertz CT molecular complexity index is 717. The Morgan fingerprint density at radius 2 is 2.04 bits per heavy atom. The molecule has 1 heterocycles. The van der Waals surface area contributed by atoms with Crippen LogP contribution in [0.5, 0.6) is 11.5 Å². The summed E-state index contributed by atoms with van der Waals surface area (Å²) in [5, 5.41) is -0.219. The third kappa shape index (κ3) is 4.78. The molecule has 0 N–H and O–H groups in total. The molecule has 1 aliphatic rings. The first kappa shape index (κ1) is 19.8. The molecule has 5 nitrogen and oxygen atoms in total. The van der Waals surface area contributed by atoms with Crippen LogP contribution in [0, 0.1) is 3.57 Å². The highest BCUT2D eigenvalue weighted by molar-refractivity contribution is 14.1. The van der Waals surface area contributed by atoms with Gasteiger partial charge in [-0.3, -0.25) is 14.5 Å². The number of rotatable bonds is 8. The molecule has 1 aromatic rings. The molecule has 0 atom stereocenters. The number of ether oxygens (including phenoxy) is 2. The van der Waals surface area contributed by atoms with E-state index in [-0.39, 0.29) is 11.1 Å². The van der Waals surface area contributed by atoms with Gasteiger partial charge in [-0.25, -0.2) is 0 Å². The highest BCUT2D eigenvalue weighted by Crippen LogP contribution is 2.37. The van der Waals surface area contributed by atoms with E-state index in [1.165, 1.54) is 4.90 Å². The number of thioether (sulfide) groups is 1. The fraction of sp³-hybridized carbons (Fsp3) is 0.333. The van der Waals surface area contributed by atoms with E-state index in [0.29, 0.717) is 36.2 Å². The maximum atomic E-state index is 12.4. The molecule has 134 valence electrons. The molecule has 1 aliphatic heterocycles. The van der Waals surface area contributed by atoms with Gasteiger partial charge >= 0.3 is 0 Å². The Labute approximate surface area is 165 Å². The van der Waals surface area contributed by atoms with Crippen LogP contribution in [0.25, 0.3) is 6.08 Å². The number of hydrogen-bond acceptors (Lipinski definition) is 5. The minimum absolute atomic E-state index is 0.219. The lowest BCUT2D eigenvalue weighted by Gasteiger charge is -2.14. The molecule has 2 amide bonds. The van der Waals surface area contributed by atoms with Gasteiger partial charge in [0.05, 0.1) is 15.1 Å². The summed E-state index contributed by atoms with van der Waals surface area (Å²) < 4.78 is 12.2. The first-order chi connectivity index (χ1) is 12.0. The predicted octanol–water partition coefficient (Wildman–Crippen LogP) is 4.70. The van der Waals surface area contributed by atoms with E-state index in [0.717, 1.165) is 27.3 Å². The smallest absolute Gasteiger partial charge is 0.293 e. The molecule has 1 fully saturated rings. The molecule has 0 bridgehead atoms. The fourth-order valence-electron chi connectivity index (χ4n) is 2.28. The number of halogens is 1. The van der Waals surface area contributed by atoms with Crippen LogP contribution in [0.15, 0.2) is 29.7 Å². The summed E-state index contributed by atoms with van der Waals surface area (Å²) in [6.45, 7) is 8.80. The molecule has 0 aromatic heterocycles. The highest BCUT2D eigenvalue weighted by Gasteiger charge is 2.34. The van der Waals surface area contributed by atoms with Gasteiger partial charge in [0, 0.05) is 6.54 Å². The number of nitrogens with zero attached hydrogens (tertiary/aromatic N) is 1. The molecule has 0 saturated carbocycles. The number of hydrogen-bond donors (Lipinski definition) is 0. The average molecular weight is 473 g/mol. The van der Waals surface area contributed by atoms with E-state index < -0.39 is 0 Å². The van der Waals surface area contributed by atoms with Gasteiger partial charge in [0.15, 0.2) is 11.5 Å². The topological polar surface area (TPSA) is 55.8 Å². The number of carbonyl (C=O) groups is 2. The summed E-state index contributed by atoms with van der Waals surface area (Å²) in [5.74, 6) is 1.02. The monoisotopic (exact) mass is 473 g/mol. The molecule has 0 radical (unpaired) electrons. The zero-order chi connectivity index (χ0) is 18.4. The van der Waals surface area contributed by atoms with E-state index in [9.17, 15) is 9.59 Å². The lowest BCUT2D eigenvalue weighted by atomic mass is 10.2. The van der Waals surface area contributed by atoms with Gasteiger partial charge in [-0.05, 0) is 71.5 Å². The van der Waals surface area contributed by atoms with E-state index in [2.05, 4.69) is 29.2 Å². The molecular weight excluding hydrogens is 453 g/mol. The molecular formula is C18H20INO4S. The van der Waals surface area contributed by atoms with Crippen molar-refractivity contribution in [3.05, 3.63) is 38.8 Å². The van der Waals surface area contributed by atoms with Gasteiger partial charge in [-0.15, -0.1) is 0 Å². The van der Waals surface area contributed by atoms with Crippen LogP contribution in [-0.4, -0.2) is 35.8 Å². The summed E-state index contributed by atoms with van der Waals surface area (Å²) in [5.41, 5.74) is 0.792. The molecule has 1 aromatic carbocycles. The molecule has 2 rings (SSSR count). The SMILES string of the molecule is C=CCOc1c(I)cc(/C=C2/SC(=O)N(CCC)C2=O)cc1OCC. The van der Waals surface area contributed by atoms with Crippen LogP contribution < -0.4 is 9.47 Å². The van der Waals surface area contributed by atoms with Crippen molar-refractivity contribution in [2.24, 2.45) is 0 Å². The second-order valence-electron chi connectivity index (χ2n) is 5.20. The standard InChI is InChI=1S/C18H20INO4S/c1-4-7-20-17(21)15(25-18(20)22)11-12-9-13(19)16(24-8-5-2)14(10-12)23-6-3/h5,9-11H,2,4,6-8H2,1,3H3/b15-11+. The van der Waals surface area contributed by atoms with Gasteiger partial charge < -0.3 is 9.47 Å². The summed E-state index contributed by atoms with van der Waals surface area (Å²) in [6, 6.07) is 3.72. The molecule has 0 unspecified atom stereocenters. The Hall–Kier alpha value is -1.48. The number of benzene rings is 1. The second-order valence-corrected chi connectivity index (χ2v) is 7.35. The normalized spacial score (nSPS) is 15.8. The molecule has 7 heteroatoms. The van der Waals surface area contributed by atoms with E-state index in [4.69, 9.17) is 9.47 Å². The number of imide groups is 1. The first-order valence-electron chi connectivity index (χ1n) is 7.97. The average Bonchev–Trinajstić information content (AvgIpc) is 2.82. The Kier molecular flexibility index (Phi) is 7.37. The van der Waals surface area contributed by atoms with Crippen molar-refractivity contribution in [1.29, 1.82) is 0 Å². The third-order valence-corrected chi connectivity index (χ3v) is 5.00. The lowest BCUT2D eigenvalue weighted by Crippen LogP contribution is -2.28. The van der Waals surface area contributed by atoms with Crippen molar-refractivity contribution < 1.29 is 19.1 Å². The predicted molar refractivity (Wildman–Crippen MR) is 109 cm³/mol. The van der Waals surface area contributed by atoms with Gasteiger partial charge in [0.2, 0.25) is 0 Å². The second kappa shape index (κ2) is 9.28. The Balaban J connectivity index is 2.35. The van der Waals surface area contributed by atoms with Crippen LogP contribution >= 0.6 is 34.4 Å². The van der Waals surface area contributed by atoms with E-state index in [1.54, 1.807) is 12.2 Å². The number of amides is 2. The van der Waals surface area contributed by atoms with E-state index >= 15 is 0 Å². The largest absolute Gasteiger partial charge is 0.490 e. The zero-order valence-electron chi connectivity index (χ0n) is 14.2. The molecule has 0 aliphatic carbocycles. The third-order valence-electron chi connectivity index (χ3n) is 3.30. The van der Waals surface area contributed by atoms with Crippen molar-refractivity contribution in [3.8, 4) is 11.5 Å². The highest BCUT2D eigenvalue weighted by atomic mass is 127. The van der Waals surface area contributed by atoms with Crippen molar-refractivity contribution in [2.45, 2.75) is 20.3 Å². The van der Waals surface area contributed by atoms with Gasteiger partial charge in [0.25, 0.3) is 11.1 Å². The summed E-state index contributed by atoms with van der Waals surface area (Å²) in [7, 11) is 0. The molecule has 25 heavy (non-hydrogen) atoms. The minimum Gasteiger partial charge on any atom is -0.490 e. The zero-order valence-corrected chi connectivity index (χ0v) is 17.2. The summed E-state index contributed by atoms with van der Waals surface area (Å²) in [4.78, 5) is 26.0. The van der Waals surface area contributed by atoms with Gasteiger partial charge in [-0.2, -0.15) is 0 Å². The Morgan fingerprint density at radius 1 is 1.28 bits per heavy atom. The molecule has 0 spiro atoms. The van der Waals surface area contributed by atoms with E-state index in [1.807, 2.05) is 26.0 Å². The van der Waals surface area contributed by atoms with Crippen LogP contribution in [0.2, 0.25) is 0 Å². The first-order valence-corrected chi connectivity index (χ1v) is 9.86. The van der Waals surface area contributed by atoms with Crippen molar-refractivity contribution in [2.75, 3.05) is 19.8 Å². The van der Waals surface area contributed by atoms with Crippen LogP contribution in [0.1, 0.15) is 25.8 Å². The van der Waals surface area contributed by atoms with Gasteiger partial charge in [-0.1, -0.05) is 19.6 Å². The maximum Gasteiger partial charge on any atom is 0.293 e. The quantitative estimate of drug-likeness (QED) is 0.311. The maximum absolute atomic E-state index is 12.4.